The first kappa shape index (κ1) is 22.1. The van der Waals surface area contributed by atoms with Crippen LogP contribution < -0.4 is 10.1 Å². The van der Waals surface area contributed by atoms with Gasteiger partial charge in [-0.3, -0.25) is 9.59 Å². The minimum atomic E-state index is -0.131. The molecule has 1 N–H and O–H groups in total. The number of anilines is 1. The van der Waals surface area contributed by atoms with Gasteiger partial charge in [0.1, 0.15) is 5.75 Å². The molecule has 0 spiro atoms. The highest BCUT2D eigenvalue weighted by molar-refractivity contribution is 8.01. The number of thioether (sulfide) groups is 1. The minimum absolute atomic E-state index is 0.0551. The van der Waals surface area contributed by atoms with Crippen LogP contribution in [-0.4, -0.2) is 47.1 Å². The molecule has 1 aliphatic rings. The van der Waals surface area contributed by atoms with Crippen LogP contribution in [0.1, 0.15) is 25.0 Å². The minimum Gasteiger partial charge on any atom is -0.493 e. The highest BCUT2D eigenvalue weighted by Gasteiger charge is 2.28. The summed E-state index contributed by atoms with van der Waals surface area (Å²) in [5, 5.41) is 12.2. The number of carbonyl (C=O) groups excluding carboxylic acids is 2. The zero-order valence-electron chi connectivity index (χ0n) is 16.8. The summed E-state index contributed by atoms with van der Waals surface area (Å²) in [5.74, 6) is 0.986. The predicted octanol–water partition coefficient (Wildman–Crippen LogP) is 3.71. The van der Waals surface area contributed by atoms with Crippen molar-refractivity contribution in [3.8, 4) is 11.8 Å². The van der Waals surface area contributed by atoms with Crippen LogP contribution in [0.5, 0.6) is 5.75 Å². The number of rotatable bonds is 8. The molecule has 7 nitrogen and oxygen atoms in total. The van der Waals surface area contributed by atoms with E-state index in [1.807, 2.05) is 42.2 Å². The molecule has 2 amide bonds. The van der Waals surface area contributed by atoms with Crippen LogP contribution in [0.3, 0.4) is 0 Å². The van der Waals surface area contributed by atoms with E-state index >= 15 is 0 Å². The van der Waals surface area contributed by atoms with Gasteiger partial charge in [0.25, 0.3) is 0 Å². The summed E-state index contributed by atoms with van der Waals surface area (Å²) >= 11 is 2.82. The van der Waals surface area contributed by atoms with E-state index in [2.05, 4.69) is 16.4 Å². The Morgan fingerprint density at radius 1 is 1.33 bits per heavy atom. The molecule has 0 aliphatic carbocycles. The number of ether oxygens (including phenoxy) is 1. The number of piperidine rings is 1. The van der Waals surface area contributed by atoms with Gasteiger partial charge in [0, 0.05) is 19.0 Å². The largest absolute Gasteiger partial charge is 0.493 e. The molecule has 0 bridgehead atoms. The van der Waals surface area contributed by atoms with Crippen LogP contribution >= 0.6 is 23.1 Å². The zero-order valence-corrected chi connectivity index (χ0v) is 18.4. The summed E-state index contributed by atoms with van der Waals surface area (Å²) in [6.07, 6.45) is 1.60. The fourth-order valence-corrected chi connectivity index (χ4v) is 5.00. The average Bonchev–Trinajstić information content (AvgIpc) is 3.11. The molecule has 0 saturated carbocycles. The Labute approximate surface area is 184 Å². The molecule has 30 heavy (non-hydrogen) atoms. The molecule has 2 aromatic rings. The molecule has 3 rings (SSSR count). The molecule has 0 radical (unpaired) electrons. The Morgan fingerprint density at radius 2 is 2.07 bits per heavy atom. The highest BCUT2D eigenvalue weighted by atomic mass is 32.2. The SMILES string of the molecule is Cc1nc(NC(=O)C2CCN(C(=O)CCOc3ccccc3)CC2)sc1SCC#N. The number of benzene rings is 1. The number of likely N-dealkylation sites (tertiary alicyclic amines) is 1. The number of thiazole rings is 1. The third-order valence-electron chi connectivity index (χ3n) is 4.80. The van der Waals surface area contributed by atoms with Gasteiger partial charge in [0.05, 0.1) is 34.8 Å². The van der Waals surface area contributed by atoms with Crippen molar-refractivity contribution in [2.45, 2.75) is 30.4 Å². The topological polar surface area (TPSA) is 95.3 Å². The van der Waals surface area contributed by atoms with Crippen molar-refractivity contribution < 1.29 is 14.3 Å². The van der Waals surface area contributed by atoms with Gasteiger partial charge in [-0.05, 0) is 31.9 Å². The lowest BCUT2D eigenvalue weighted by Crippen LogP contribution is -2.41. The first-order valence-corrected chi connectivity index (χ1v) is 11.6. The van der Waals surface area contributed by atoms with Crippen molar-refractivity contribution in [3.63, 3.8) is 0 Å². The lowest BCUT2D eigenvalue weighted by Gasteiger charge is -2.31. The second-order valence-corrected chi connectivity index (χ2v) is 9.14. The van der Waals surface area contributed by atoms with Crippen LogP contribution in [0, 0.1) is 24.2 Å². The molecule has 1 aromatic carbocycles. The maximum absolute atomic E-state index is 12.6. The molecular formula is C21H24N4O3S2. The van der Waals surface area contributed by atoms with E-state index in [1.165, 1.54) is 23.1 Å². The monoisotopic (exact) mass is 444 g/mol. The van der Waals surface area contributed by atoms with Crippen molar-refractivity contribution >= 4 is 40.0 Å². The van der Waals surface area contributed by atoms with E-state index in [0.717, 1.165) is 15.7 Å². The molecule has 1 saturated heterocycles. The molecule has 0 unspecified atom stereocenters. The number of nitrogens with one attached hydrogen (secondary N) is 1. The number of hydrogen-bond donors (Lipinski definition) is 1. The second-order valence-electron chi connectivity index (χ2n) is 6.89. The number of amides is 2. The number of carbonyl (C=O) groups is 2. The Balaban J connectivity index is 1.40. The van der Waals surface area contributed by atoms with Crippen LogP contribution in [0.4, 0.5) is 5.13 Å². The lowest BCUT2D eigenvalue weighted by atomic mass is 9.96. The third kappa shape index (κ3) is 6.21. The van der Waals surface area contributed by atoms with Gasteiger partial charge < -0.3 is 15.0 Å². The number of nitrogens with zero attached hydrogens (tertiary/aromatic N) is 3. The van der Waals surface area contributed by atoms with Crippen molar-refractivity contribution in [3.05, 3.63) is 36.0 Å². The molecule has 158 valence electrons. The Bertz CT molecular complexity index is 903. The van der Waals surface area contributed by atoms with E-state index in [4.69, 9.17) is 10.00 Å². The second kappa shape index (κ2) is 11.0. The number of hydrogen-bond acceptors (Lipinski definition) is 7. The summed E-state index contributed by atoms with van der Waals surface area (Å²) in [6, 6.07) is 11.5. The van der Waals surface area contributed by atoms with E-state index in [0.29, 0.717) is 49.8 Å². The van der Waals surface area contributed by atoms with Gasteiger partial charge in [-0.25, -0.2) is 4.98 Å². The third-order valence-corrected chi connectivity index (χ3v) is 7.10. The summed E-state index contributed by atoms with van der Waals surface area (Å²) in [7, 11) is 0. The van der Waals surface area contributed by atoms with E-state index < -0.39 is 0 Å². The predicted molar refractivity (Wildman–Crippen MR) is 118 cm³/mol. The number of para-hydroxylation sites is 1. The smallest absolute Gasteiger partial charge is 0.229 e. The Kier molecular flexibility index (Phi) is 8.11. The Hall–Kier alpha value is -2.57. The van der Waals surface area contributed by atoms with Crippen molar-refractivity contribution in [1.82, 2.24) is 9.88 Å². The first-order valence-electron chi connectivity index (χ1n) is 9.80. The summed E-state index contributed by atoms with van der Waals surface area (Å²) in [4.78, 5) is 31.2. The summed E-state index contributed by atoms with van der Waals surface area (Å²) in [5.41, 5.74) is 0.827. The van der Waals surface area contributed by atoms with Crippen LogP contribution in [0.2, 0.25) is 0 Å². The van der Waals surface area contributed by atoms with E-state index in [1.54, 1.807) is 0 Å². The van der Waals surface area contributed by atoms with Gasteiger partial charge >= 0.3 is 0 Å². The average molecular weight is 445 g/mol. The quantitative estimate of drug-likeness (QED) is 0.624. The fraction of sp³-hybridized carbons (Fsp3) is 0.429. The van der Waals surface area contributed by atoms with Crippen molar-refractivity contribution in [2.75, 3.05) is 30.8 Å². The summed E-state index contributed by atoms with van der Waals surface area (Å²) in [6.45, 7) is 3.36. The van der Waals surface area contributed by atoms with Crippen LogP contribution in [-0.2, 0) is 9.59 Å². The van der Waals surface area contributed by atoms with Gasteiger partial charge in [-0.1, -0.05) is 41.3 Å². The fourth-order valence-electron chi connectivity index (χ4n) is 3.20. The highest BCUT2D eigenvalue weighted by Crippen LogP contribution is 2.32. The van der Waals surface area contributed by atoms with Crippen LogP contribution in [0.15, 0.2) is 34.5 Å². The standard InChI is InChI=1S/C21H24N4O3S2/c1-15-20(29-14-10-22)30-21(23-15)24-19(27)16-7-11-25(12-8-16)18(26)9-13-28-17-5-3-2-4-6-17/h2-6,16H,7-9,11-14H2,1H3,(H,23,24,27). The van der Waals surface area contributed by atoms with E-state index in [-0.39, 0.29) is 17.7 Å². The summed E-state index contributed by atoms with van der Waals surface area (Å²) < 4.78 is 6.54. The maximum Gasteiger partial charge on any atom is 0.229 e. The van der Waals surface area contributed by atoms with Crippen molar-refractivity contribution in [1.29, 1.82) is 5.26 Å². The number of aryl methyl sites for hydroxylation is 1. The van der Waals surface area contributed by atoms with Gasteiger partial charge in [0.2, 0.25) is 11.8 Å². The molecule has 1 fully saturated rings. The van der Waals surface area contributed by atoms with Gasteiger partial charge in [-0.2, -0.15) is 5.26 Å². The molecular weight excluding hydrogens is 420 g/mol. The Morgan fingerprint density at radius 3 is 2.77 bits per heavy atom. The maximum atomic E-state index is 12.6. The first-order chi connectivity index (χ1) is 14.6. The molecule has 1 aliphatic heterocycles. The zero-order chi connectivity index (χ0) is 21.3. The molecule has 1 aromatic heterocycles. The molecule has 2 heterocycles. The molecule has 9 heteroatoms. The van der Waals surface area contributed by atoms with Crippen molar-refractivity contribution in [2.24, 2.45) is 5.92 Å². The molecule has 0 atom stereocenters. The number of nitriles is 1. The normalized spacial score (nSPS) is 14.2. The lowest BCUT2D eigenvalue weighted by molar-refractivity contribution is -0.135. The number of aromatic nitrogens is 1. The van der Waals surface area contributed by atoms with Crippen LogP contribution in [0.25, 0.3) is 0 Å². The van der Waals surface area contributed by atoms with E-state index in [9.17, 15) is 9.59 Å². The van der Waals surface area contributed by atoms with Gasteiger partial charge in [-0.15, -0.1) is 0 Å². The van der Waals surface area contributed by atoms with Gasteiger partial charge in [0.15, 0.2) is 5.13 Å².